The molecule has 0 aliphatic carbocycles. The number of hydrogen-bond acceptors (Lipinski definition) is 3. The molecule has 2 rings (SSSR count). The Kier molecular flexibility index (Phi) is 2.18. The zero-order chi connectivity index (χ0) is 11.1. The van der Waals surface area contributed by atoms with Crippen molar-refractivity contribution in [2.45, 2.75) is 25.7 Å². The maximum atomic E-state index is 11.4. The fourth-order valence-electron chi connectivity index (χ4n) is 1.89. The van der Waals surface area contributed by atoms with Crippen LogP contribution in [0.2, 0.25) is 0 Å². The second kappa shape index (κ2) is 3.26. The van der Waals surface area contributed by atoms with Crippen LogP contribution in [0.1, 0.15) is 25.8 Å². The third-order valence-electron chi connectivity index (χ3n) is 2.73. The molecule has 1 heterocycles. The van der Waals surface area contributed by atoms with E-state index in [1.165, 1.54) is 0 Å². The van der Waals surface area contributed by atoms with Gasteiger partial charge in [-0.05, 0) is 6.07 Å². The molecule has 80 valence electrons. The van der Waals surface area contributed by atoms with Gasteiger partial charge in [-0.1, -0.05) is 19.9 Å². The molecule has 0 spiro atoms. The lowest BCUT2D eigenvalue weighted by atomic mass is 9.79. The van der Waals surface area contributed by atoms with Gasteiger partial charge < -0.3 is 9.47 Å². The second-order valence-corrected chi connectivity index (χ2v) is 4.40. The van der Waals surface area contributed by atoms with Crippen molar-refractivity contribution >= 4 is 5.97 Å². The van der Waals surface area contributed by atoms with Crippen molar-refractivity contribution in [1.29, 1.82) is 0 Å². The topological polar surface area (TPSA) is 35.5 Å². The Morgan fingerprint density at radius 1 is 1.40 bits per heavy atom. The first-order valence-electron chi connectivity index (χ1n) is 4.92. The number of carbonyl (C=O) groups is 1. The summed E-state index contributed by atoms with van der Waals surface area (Å²) in [4.78, 5) is 11.4. The first-order chi connectivity index (χ1) is 7.03. The lowest BCUT2D eigenvalue weighted by Gasteiger charge is -2.30. The van der Waals surface area contributed by atoms with Crippen LogP contribution in [0.5, 0.6) is 11.5 Å². The molecule has 1 aliphatic rings. The van der Waals surface area contributed by atoms with Crippen LogP contribution in [0.3, 0.4) is 0 Å². The third kappa shape index (κ3) is 1.69. The van der Waals surface area contributed by atoms with Crippen molar-refractivity contribution in [2.75, 3.05) is 7.11 Å². The summed E-state index contributed by atoms with van der Waals surface area (Å²) in [6.07, 6.45) is 0.423. The number of hydrogen-bond donors (Lipinski definition) is 0. The summed E-state index contributed by atoms with van der Waals surface area (Å²) in [5.74, 6) is 1.15. The van der Waals surface area contributed by atoms with Gasteiger partial charge in [0.1, 0.15) is 11.5 Å². The van der Waals surface area contributed by atoms with E-state index in [2.05, 4.69) is 0 Å². The molecule has 0 atom stereocenters. The van der Waals surface area contributed by atoms with E-state index in [1.54, 1.807) is 13.2 Å². The van der Waals surface area contributed by atoms with E-state index in [4.69, 9.17) is 9.47 Å². The third-order valence-corrected chi connectivity index (χ3v) is 2.73. The number of methoxy groups -OCH3 is 1. The minimum Gasteiger partial charge on any atom is -0.497 e. The van der Waals surface area contributed by atoms with Gasteiger partial charge in [-0.15, -0.1) is 0 Å². The Balaban J connectivity index is 2.52. The average Bonchev–Trinajstić information content (AvgIpc) is 2.15. The molecular formula is C12H14O3. The van der Waals surface area contributed by atoms with Gasteiger partial charge in [-0.2, -0.15) is 0 Å². The Hall–Kier alpha value is -1.51. The van der Waals surface area contributed by atoms with Gasteiger partial charge in [0.2, 0.25) is 0 Å². The van der Waals surface area contributed by atoms with Gasteiger partial charge in [-0.25, -0.2) is 0 Å². The summed E-state index contributed by atoms with van der Waals surface area (Å²) < 4.78 is 10.3. The summed E-state index contributed by atoms with van der Waals surface area (Å²) in [6.45, 7) is 4.08. The Labute approximate surface area is 89.0 Å². The van der Waals surface area contributed by atoms with E-state index in [1.807, 2.05) is 26.0 Å². The molecule has 0 fully saturated rings. The molecule has 0 unspecified atom stereocenters. The van der Waals surface area contributed by atoms with E-state index in [-0.39, 0.29) is 11.4 Å². The van der Waals surface area contributed by atoms with Gasteiger partial charge in [0.25, 0.3) is 0 Å². The highest BCUT2D eigenvalue weighted by Gasteiger charge is 2.33. The van der Waals surface area contributed by atoms with Crippen LogP contribution in [0, 0.1) is 0 Å². The molecule has 0 aromatic heterocycles. The Bertz CT molecular complexity index is 407. The molecule has 0 N–H and O–H groups in total. The number of rotatable bonds is 1. The summed E-state index contributed by atoms with van der Waals surface area (Å²) in [5, 5.41) is 0. The largest absolute Gasteiger partial charge is 0.497 e. The zero-order valence-corrected chi connectivity index (χ0v) is 9.16. The molecule has 3 heteroatoms. The highest BCUT2D eigenvalue weighted by Crippen LogP contribution is 2.40. The monoisotopic (exact) mass is 206 g/mol. The lowest BCUT2D eigenvalue weighted by Crippen LogP contribution is -2.30. The van der Waals surface area contributed by atoms with Crippen LogP contribution in [-0.2, 0) is 10.2 Å². The summed E-state index contributed by atoms with van der Waals surface area (Å²) in [5.41, 5.74) is 0.902. The molecule has 0 bridgehead atoms. The number of benzene rings is 1. The maximum absolute atomic E-state index is 11.4. The molecule has 1 aromatic carbocycles. The van der Waals surface area contributed by atoms with Crippen molar-refractivity contribution < 1.29 is 14.3 Å². The lowest BCUT2D eigenvalue weighted by molar-refractivity contribution is -0.136. The minimum absolute atomic E-state index is 0.156. The molecular weight excluding hydrogens is 192 g/mol. The molecule has 0 saturated carbocycles. The van der Waals surface area contributed by atoms with E-state index < -0.39 is 0 Å². The predicted molar refractivity (Wildman–Crippen MR) is 56.3 cm³/mol. The van der Waals surface area contributed by atoms with Crippen LogP contribution < -0.4 is 9.47 Å². The van der Waals surface area contributed by atoms with Crippen LogP contribution >= 0.6 is 0 Å². The van der Waals surface area contributed by atoms with Crippen LogP contribution in [-0.4, -0.2) is 13.1 Å². The number of esters is 1. The molecule has 3 nitrogen and oxygen atoms in total. The molecule has 0 radical (unpaired) electrons. The summed E-state index contributed by atoms with van der Waals surface area (Å²) in [7, 11) is 1.59. The quantitative estimate of drug-likeness (QED) is 0.522. The predicted octanol–water partition coefficient (Wildman–Crippen LogP) is 2.28. The van der Waals surface area contributed by atoms with Crippen molar-refractivity contribution in [2.24, 2.45) is 0 Å². The van der Waals surface area contributed by atoms with Crippen molar-refractivity contribution in [3.05, 3.63) is 23.8 Å². The highest BCUT2D eigenvalue weighted by molar-refractivity contribution is 5.77. The summed E-state index contributed by atoms with van der Waals surface area (Å²) in [6, 6.07) is 5.61. The van der Waals surface area contributed by atoms with Gasteiger partial charge in [-0.3, -0.25) is 4.79 Å². The first kappa shape index (κ1) is 10.0. The smallest absolute Gasteiger partial charge is 0.312 e. The van der Waals surface area contributed by atoms with Gasteiger partial charge in [0.05, 0.1) is 13.5 Å². The normalized spacial score (nSPS) is 17.9. The number of carbonyl (C=O) groups excluding carboxylic acids is 1. The van der Waals surface area contributed by atoms with Gasteiger partial charge in [0, 0.05) is 17.0 Å². The molecule has 0 saturated heterocycles. The maximum Gasteiger partial charge on any atom is 0.312 e. The summed E-state index contributed by atoms with van der Waals surface area (Å²) >= 11 is 0. The second-order valence-electron chi connectivity index (χ2n) is 4.40. The van der Waals surface area contributed by atoms with Crippen molar-refractivity contribution in [3.8, 4) is 11.5 Å². The molecule has 15 heavy (non-hydrogen) atoms. The zero-order valence-electron chi connectivity index (χ0n) is 9.16. The van der Waals surface area contributed by atoms with Gasteiger partial charge >= 0.3 is 5.97 Å². The highest BCUT2D eigenvalue weighted by atomic mass is 16.5. The van der Waals surface area contributed by atoms with Crippen LogP contribution in [0.25, 0.3) is 0 Å². The van der Waals surface area contributed by atoms with Crippen molar-refractivity contribution in [1.82, 2.24) is 0 Å². The Morgan fingerprint density at radius 3 is 2.80 bits per heavy atom. The average molecular weight is 206 g/mol. The van der Waals surface area contributed by atoms with E-state index in [0.29, 0.717) is 17.9 Å². The van der Waals surface area contributed by atoms with Gasteiger partial charge in [0.15, 0.2) is 0 Å². The fraction of sp³-hybridized carbons (Fsp3) is 0.417. The standard InChI is InChI=1S/C12H14O3/c1-12(2)7-11(13)15-10-6-8(14-3)4-5-9(10)12/h4-6H,7H2,1-3H3. The van der Waals surface area contributed by atoms with Crippen molar-refractivity contribution in [3.63, 3.8) is 0 Å². The number of ether oxygens (including phenoxy) is 2. The Morgan fingerprint density at radius 2 is 2.13 bits per heavy atom. The van der Waals surface area contributed by atoms with E-state index >= 15 is 0 Å². The molecule has 1 aromatic rings. The molecule has 1 aliphatic heterocycles. The molecule has 0 amide bonds. The SMILES string of the molecule is COc1ccc2c(c1)OC(=O)CC2(C)C. The van der Waals surface area contributed by atoms with E-state index in [9.17, 15) is 4.79 Å². The van der Waals surface area contributed by atoms with Crippen LogP contribution in [0.4, 0.5) is 0 Å². The fourth-order valence-corrected chi connectivity index (χ4v) is 1.89. The van der Waals surface area contributed by atoms with E-state index in [0.717, 1.165) is 5.56 Å². The first-order valence-corrected chi connectivity index (χ1v) is 4.92. The minimum atomic E-state index is -0.180. The van der Waals surface area contributed by atoms with Crippen LogP contribution in [0.15, 0.2) is 18.2 Å². The number of fused-ring (bicyclic) bond motifs is 1.